The van der Waals surface area contributed by atoms with Crippen molar-refractivity contribution in [1.29, 1.82) is 0 Å². The number of aliphatic carboxylic acids is 1. The topological polar surface area (TPSA) is 40.5 Å². The number of nitrogens with zero attached hydrogens (tertiary/aromatic N) is 1. The molecular formula is C11H17NO2. The van der Waals surface area contributed by atoms with Gasteiger partial charge < -0.3 is 5.11 Å². The van der Waals surface area contributed by atoms with Gasteiger partial charge in [-0.2, -0.15) is 0 Å². The highest BCUT2D eigenvalue weighted by molar-refractivity contribution is 5.74. The van der Waals surface area contributed by atoms with E-state index < -0.39 is 5.97 Å². The summed E-state index contributed by atoms with van der Waals surface area (Å²) in [6.07, 6.45) is 1.75. The highest BCUT2D eigenvalue weighted by Gasteiger charge is 2.35. The molecule has 2 unspecified atom stereocenters. The Bertz CT molecular complexity index is 264. The second-order valence-electron chi connectivity index (χ2n) is 3.76. The van der Waals surface area contributed by atoms with Crippen LogP contribution in [0.4, 0.5) is 0 Å². The normalized spacial score (nSPS) is 27.0. The van der Waals surface area contributed by atoms with Gasteiger partial charge in [-0.25, -0.2) is 0 Å². The number of hydrogen-bond acceptors (Lipinski definition) is 2. The average molecular weight is 195 g/mol. The lowest BCUT2D eigenvalue weighted by molar-refractivity contribution is -0.143. The van der Waals surface area contributed by atoms with Gasteiger partial charge in [0.2, 0.25) is 0 Å². The standard InChI is InChI=1S/C11H17NO2/c1-3-4-5-7-12-8-6-9(2)10(12)11(13)14/h9-10H,5-8H2,1-2H3,(H,13,14). The molecule has 0 spiro atoms. The molecule has 0 radical (unpaired) electrons. The van der Waals surface area contributed by atoms with Crippen LogP contribution in [-0.2, 0) is 4.79 Å². The van der Waals surface area contributed by atoms with E-state index in [0.717, 1.165) is 25.9 Å². The molecule has 0 aromatic rings. The second-order valence-corrected chi connectivity index (χ2v) is 3.76. The SMILES string of the molecule is CC#CCCN1CCC(C)C1C(=O)O. The molecule has 1 fully saturated rings. The Labute approximate surface area is 85.1 Å². The van der Waals surface area contributed by atoms with Crippen molar-refractivity contribution >= 4 is 5.97 Å². The van der Waals surface area contributed by atoms with Gasteiger partial charge in [0.15, 0.2) is 0 Å². The Hall–Kier alpha value is -1.01. The summed E-state index contributed by atoms with van der Waals surface area (Å²) in [4.78, 5) is 13.0. The van der Waals surface area contributed by atoms with Crippen LogP contribution < -0.4 is 0 Å². The molecule has 1 heterocycles. The Morgan fingerprint density at radius 1 is 1.64 bits per heavy atom. The van der Waals surface area contributed by atoms with Gasteiger partial charge in [0, 0.05) is 13.0 Å². The van der Waals surface area contributed by atoms with Gasteiger partial charge in [0.1, 0.15) is 6.04 Å². The first-order valence-corrected chi connectivity index (χ1v) is 5.03. The van der Waals surface area contributed by atoms with Gasteiger partial charge in [-0.1, -0.05) is 6.92 Å². The van der Waals surface area contributed by atoms with Crippen LogP contribution in [0.2, 0.25) is 0 Å². The molecule has 2 atom stereocenters. The van der Waals surface area contributed by atoms with Crippen LogP contribution in [0.3, 0.4) is 0 Å². The zero-order valence-corrected chi connectivity index (χ0v) is 8.79. The minimum absolute atomic E-state index is 0.266. The summed E-state index contributed by atoms with van der Waals surface area (Å²) in [5.74, 6) is 5.36. The van der Waals surface area contributed by atoms with Crippen LogP contribution in [0, 0.1) is 17.8 Å². The summed E-state index contributed by atoms with van der Waals surface area (Å²) in [6.45, 7) is 5.48. The molecule has 1 aliphatic rings. The van der Waals surface area contributed by atoms with Gasteiger partial charge in [-0.15, -0.1) is 11.8 Å². The fourth-order valence-corrected chi connectivity index (χ4v) is 2.00. The number of rotatable bonds is 3. The lowest BCUT2D eigenvalue weighted by Gasteiger charge is -2.21. The monoisotopic (exact) mass is 195 g/mol. The van der Waals surface area contributed by atoms with Crippen LogP contribution >= 0.6 is 0 Å². The molecule has 78 valence electrons. The maximum atomic E-state index is 11.0. The van der Waals surface area contributed by atoms with Crippen LogP contribution in [0.15, 0.2) is 0 Å². The van der Waals surface area contributed by atoms with Gasteiger partial charge in [-0.3, -0.25) is 9.69 Å². The minimum Gasteiger partial charge on any atom is -0.480 e. The molecule has 0 aromatic carbocycles. The van der Waals surface area contributed by atoms with Crippen LogP contribution in [-0.4, -0.2) is 35.1 Å². The molecule has 14 heavy (non-hydrogen) atoms. The first-order valence-electron chi connectivity index (χ1n) is 5.03. The molecule has 0 aliphatic carbocycles. The van der Waals surface area contributed by atoms with Crippen molar-refractivity contribution in [3.05, 3.63) is 0 Å². The largest absolute Gasteiger partial charge is 0.480 e. The van der Waals surface area contributed by atoms with Crippen LogP contribution in [0.5, 0.6) is 0 Å². The van der Waals surface area contributed by atoms with Crippen molar-refractivity contribution in [3.8, 4) is 11.8 Å². The van der Waals surface area contributed by atoms with Crippen LogP contribution in [0.1, 0.15) is 26.7 Å². The molecule has 1 aliphatic heterocycles. The second kappa shape index (κ2) is 5.02. The average Bonchev–Trinajstić information content (AvgIpc) is 2.47. The Kier molecular flexibility index (Phi) is 3.97. The van der Waals surface area contributed by atoms with Crippen molar-refractivity contribution in [2.75, 3.05) is 13.1 Å². The highest BCUT2D eigenvalue weighted by atomic mass is 16.4. The Morgan fingerprint density at radius 2 is 2.36 bits per heavy atom. The van der Waals surface area contributed by atoms with E-state index in [1.807, 2.05) is 11.8 Å². The van der Waals surface area contributed by atoms with E-state index in [0.29, 0.717) is 0 Å². The first-order chi connectivity index (χ1) is 6.66. The molecule has 0 bridgehead atoms. The maximum Gasteiger partial charge on any atom is 0.321 e. The Morgan fingerprint density at radius 3 is 2.93 bits per heavy atom. The summed E-state index contributed by atoms with van der Waals surface area (Å²) >= 11 is 0. The van der Waals surface area contributed by atoms with Crippen molar-refractivity contribution < 1.29 is 9.90 Å². The van der Waals surface area contributed by atoms with E-state index >= 15 is 0 Å². The summed E-state index contributed by atoms with van der Waals surface area (Å²) in [5.41, 5.74) is 0. The van der Waals surface area contributed by atoms with Crippen molar-refractivity contribution in [1.82, 2.24) is 4.90 Å². The fourth-order valence-electron chi connectivity index (χ4n) is 2.00. The minimum atomic E-state index is -0.695. The predicted octanol–water partition coefficient (Wildman–Crippen LogP) is 1.19. The lowest BCUT2D eigenvalue weighted by Crippen LogP contribution is -2.39. The molecule has 0 saturated carbocycles. The maximum absolute atomic E-state index is 11.0. The van der Waals surface area contributed by atoms with Crippen LogP contribution in [0.25, 0.3) is 0 Å². The van der Waals surface area contributed by atoms with E-state index in [4.69, 9.17) is 5.11 Å². The molecule has 1 N–H and O–H groups in total. The number of carboxylic acids is 1. The summed E-state index contributed by atoms with van der Waals surface area (Å²) in [6, 6.07) is -0.298. The number of hydrogen-bond donors (Lipinski definition) is 1. The summed E-state index contributed by atoms with van der Waals surface area (Å²) in [7, 11) is 0. The van der Waals surface area contributed by atoms with E-state index in [-0.39, 0.29) is 12.0 Å². The molecule has 3 nitrogen and oxygen atoms in total. The van der Waals surface area contributed by atoms with E-state index in [1.165, 1.54) is 0 Å². The number of carboxylic acid groups (broad SMARTS) is 1. The van der Waals surface area contributed by atoms with E-state index in [9.17, 15) is 4.79 Å². The zero-order chi connectivity index (χ0) is 10.6. The fraction of sp³-hybridized carbons (Fsp3) is 0.727. The summed E-state index contributed by atoms with van der Waals surface area (Å²) < 4.78 is 0. The first kappa shape index (κ1) is 11.1. The predicted molar refractivity (Wildman–Crippen MR) is 54.8 cm³/mol. The Balaban J connectivity index is 2.50. The zero-order valence-electron chi connectivity index (χ0n) is 8.79. The van der Waals surface area contributed by atoms with Crippen molar-refractivity contribution in [3.63, 3.8) is 0 Å². The van der Waals surface area contributed by atoms with Gasteiger partial charge in [0.25, 0.3) is 0 Å². The van der Waals surface area contributed by atoms with E-state index in [2.05, 4.69) is 11.8 Å². The molecule has 3 heteroatoms. The number of carbonyl (C=O) groups is 1. The number of likely N-dealkylation sites (tertiary alicyclic amines) is 1. The van der Waals surface area contributed by atoms with Crippen molar-refractivity contribution in [2.24, 2.45) is 5.92 Å². The molecule has 0 amide bonds. The molecule has 1 saturated heterocycles. The smallest absolute Gasteiger partial charge is 0.321 e. The molecule has 0 aromatic heterocycles. The third kappa shape index (κ3) is 2.49. The van der Waals surface area contributed by atoms with Gasteiger partial charge in [-0.05, 0) is 25.8 Å². The highest BCUT2D eigenvalue weighted by Crippen LogP contribution is 2.23. The lowest BCUT2D eigenvalue weighted by atomic mass is 10.0. The molecule has 1 rings (SSSR count). The van der Waals surface area contributed by atoms with Gasteiger partial charge in [0.05, 0.1) is 0 Å². The quantitative estimate of drug-likeness (QED) is 0.688. The van der Waals surface area contributed by atoms with E-state index in [1.54, 1.807) is 6.92 Å². The van der Waals surface area contributed by atoms with Crippen molar-refractivity contribution in [2.45, 2.75) is 32.7 Å². The summed E-state index contributed by atoms with van der Waals surface area (Å²) in [5, 5.41) is 9.03. The third-order valence-corrected chi connectivity index (χ3v) is 2.76. The van der Waals surface area contributed by atoms with Gasteiger partial charge >= 0.3 is 5.97 Å². The molecular weight excluding hydrogens is 178 g/mol. The third-order valence-electron chi connectivity index (χ3n) is 2.76.